The topological polar surface area (TPSA) is 105 Å². The zero-order valence-corrected chi connectivity index (χ0v) is 20.4. The number of benzene rings is 2. The molecule has 3 aromatic rings. The molecule has 0 unspecified atom stereocenters. The number of hydrogen-bond donors (Lipinski definition) is 1. The molecule has 0 spiro atoms. The summed E-state index contributed by atoms with van der Waals surface area (Å²) in [4.78, 5) is 46.8. The lowest BCUT2D eigenvalue weighted by molar-refractivity contribution is 0.0607. The Bertz CT molecular complexity index is 1390. The molecule has 1 fully saturated rings. The second-order valence-corrected chi connectivity index (χ2v) is 9.84. The molecule has 9 nitrogen and oxygen atoms in total. The van der Waals surface area contributed by atoms with E-state index in [1.807, 2.05) is 42.5 Å². The van der Waals surface area contributed by atoms with Gasteiger partial charge in [0.15, 0.2) is 5.69 Å². The lowest BCUT2D eigenvalue weighted by Crippen LogP contribution is -2.49. The Morgan fingerprint density at radius 1 is 0.973 bits per heavy atom. The normalized spacial score (nSPS) is 19.1. The van der Waals surface area contributed by atoms with E-state index in [1.54, 1.807) is 14.4 Å². The van der Waals surface area contributed by atoms with Crippen molar-refractivity contribution in [2.24, 2.45) is 0 Å². The van der Waals surface area contributed by atoms with Crippen LogP contribution >= 0.6 is 0 Å². The second kappa shape index (κ2) is 9.38. The van der Waals surface area contributed by atoms with Crippen molar-refractivity contribution < 1.29 is 19.4 Å². The van der Waals surface area contributed by atoms with E-state index in [1.165, 1.54) is 11.1 Å². The molecule has 6 rings (SSSR count). The Labute approximate surface area is 213 Å². The monoisotopic (exact) mass is 500 g/mol. The summed E-state index contributed by atoms with van der Waals surface area (Å²) in [6, 6.07) is 17.0. The number of amides is 2. The summed E-state index contributed by atoms with van der Waals surface area (Å²) in [7, 11) is 0. The molecule has 1 aliphatic carbocycles. The van der Waals surface area contributed by atoms with Crippen molar-refractivity contribution in [3.8, 4) is 5.75 Å². The van der Waals surface area contributed by atoms with Gasteiger partial charge in [-0.2, -0.15) is 4.98 Å². The van der Waals surface area contributed by atoms with E-state index in [4.69, 9.17) is 4.74 Å². The first-order valence-corrected chi connectivity index (χ1v) is 12.7. The molecular formula is C28H28N4O5. The van der Waals surface area contributed by atoms with Gasteiger partial charge in [0.05, 0.1) is 6.04 Å². The fourth-order valence-corrected chi connectivity index (χ4v) is 5.86. The zero-order chi connectivity index (χ0) is 25.5. The number of aromatic hydroxyl groups is 1. The first kappa shape index (κ1) is 23.3. The van der Waals surface area contributed by atoms with Crippen LogP contribution in [0.1, 0.15) is 51.9 Å². The third kappa shape index (κ3) is 4.14. The van der Waals surface area contributed by atoms with Crippen LogP contribution in [-0.2, 0) is 30.7 Å². The summed E-state index contributed by atoms with van der Waals surface area (Å²) >= 11 is 0. The molecule has 0 saturated carbocycles. The first-order chi connectivity index (χ1) is 18.0. The third-order valence-electron chi connectivity index (χ3n) is 7.68. The summed E-state index contributed by atoms with van der Waals surface area (Å²) in [6.45, 7) is 1.42. The summed E-state index contributed by atoms with van der Waals surface area (Å²) in [5.41, 5.74) is 2.43. The smallest absolute Gasteiger partial charge is 0.410 e. The molecule has 2 amide bonds. The fourth-order valence-electron chi connectivity index (χ4n) is 5.86. The SMILES string of the molecule is O=C1c2c(O)c(=O)nc([C@@H]3CCCN3C(=O)OCc3ccccc3)n2CCN1C1Cc2ccccc2C1. The molecule has 1 atom stereocenters. The predicted octanol–water partition coefficient (Wildman–Crippen LogP) is 3.05. The molecule has 1 N–H and O–H groups in total. The minimum Gasteiger partial charge on any atom is -0.501 e. The van der Waals surface area contributed by atoms with E-state index >= 15 is 0 Å². The van der Waals surface area contributed by atoms with Gasteiger partial charge in [0.2, 0.25) is 5.75 Å². The minimum atomic E-state index is -0.851. The molecule has 1 saturated heterocycles. The average Bonchev–Trinajstić information content (AvgIpc) is 3.57. The number of nitrogens with zero attached hydrogens (tertiary/aromatic N) is 4. The van der Waals surface area contributed by atoms with Gasteiger partial charge >= 0.3 is 11.7 Å². The van der Waals surface area contributed by atoms with Crippen LogP contribution in [0.15, 0.2) is 59.4 Å². The Balaban J connectivity index is 1.26. The molecule has 0 radical (unpaired) electrons. The zero-order valence-electron chi connectivity index (χ0n) is 20.4. The van der Waals surface area contributed by atoms with Crippen molar-refractivity contribution in [2.75, 3.05) is 13.1 Å². The van der Waals surface area contributed by atoms with E-state index in [0.717, 1.165) is 24.8 Å². The van der Waals surface area contributed by atoms with Crippen LogP contribution in [-0.4, -0.2) is 55.6 Å². The molecule has 0 bridgehead atoms. The highest BCUT2D eigenvalue weighted by atomic mass is 16.6. The Kier molecular flexibility index (Phi) is 5.90. The summed E-state index contributed by atoms with van der Waals surface area (Å²) in [5.74, 6) is -0.682. The van der Waals surface area contributed by atoms with Crippen molar-refractivity contribution in [1.29, 1.82) is 0 Å². The van der Waals surface area contributed by atoms with Crippen molar-refractivity contribution in [3.05, 3.63) is 93.2 Å². The van der Waals surface area contributed by atoms with Crippen molar-refractivity contribution in [2.45, 2.75) is 50.9 Å². The van der Waals surface area contributed by atoms with Crippen molar-refractivity contribution in [3.63, 3.8) is 0 Å². The Morgan fingerprint density at radius 2 is 1.68 bits per heavy atom. The highest BCUT2D eigenvalue weighted by molar-refractivity contribution is 5.96. The van der Waals surface area contributed by atoms with E-state index in [-0.39, 0.29) is 24.2 Å². The Morgan fingerprint density at radius 3 is 2.41 bits per heavy atom. The molecular weight excluding hydrogens is 472 g/mol. The van der Waals surface area contributed by atoms with Crippen LogP contribution in [0.3, 0.4) is 0 Å². The van der Waals surface area contributed by atoms with Crippen LogP contribution in [0.5, 0.6) is 5.75 Å². The maximum absolute atomic E-state index is 13.6. The van der Waals surface area contributed by atoms with Gasteiger partial charge in [0, 0.05) is 25.7 Å². The lowest BCUT2D eigenvalue weighted by atomic mass is 10.1. The average molecular weight is 501 g/mol. The van der Waals surface area contributed by atoms with Gasteiger partial charge < -0.3 is 19.3 Å². The van der Waals surface area contributed by atoms with Crippen molar-refractivity contribution >= 4 is 12.0 Å². The first-order valence-electron chi connectivity index (χ1n) is 12.7. The molecule has 3 heterocycles. The maximum Gasteiger partial charge on any atom is 0.410 e. The molecule has 3 aliphatic rings. The van der Waals surface area contributed by atoms with Crippen LogP contribution in [0.25, 0.3) is 0 Å². The van der Waals surface area contributed by atoms with Crippen LogP contribution in [0.2, 0.25) is 0 Å². The molecule has 2 aromatic carbocycles. The van der Waals surface area contributed by atoms with Crippen molar-refractivity contribution in [1.82, 2.24) is 19.4 Å². The third-order valence-corrected chi connectivity index (χ3v) is 7.68. The van der Waals surface area contributed by atoms with E-state index < -0.39 is 23.4 Å². The number of fused-ring (bicyclic) bond motifs is 2. The van der Waals surface area contributed by atoms with Gasteiger partial charge in [-0.1, -0.05) is 54.6 Å². The molecule has 37 heavy (non-hydrogen) atoms. The summed E-state index contributed by atoms with van der Waals surface area (Å²) in [6.07, 6.45) is 2.31. The van der Waals surface area contributed by atoms with E-state index in [2.05, 4.69) is 17.1 Å². The summed E-state index contributed by atoms with van der Waals surface area (Å²) in [5, 5.41) is 10.7. The molecule has 9 heteroatoms. The number of ether oxygens (including phenoxy) is 1. The number of rotatable bonds is 4. The standard InChI is InChI=1S/C28H28N4O5/c33-24-23-27(35)30(21-15-19-9-4-5-10-20(19)16-21)13-14-32(23)25(29-26(24)34)22-11-6-12-31(22)28(36)37-17-18-7-2-1-3-8-18/h1-5,7-10,21-22,33H,6,11-17H2/t22-/m0/s1. The molecule has 1 aromatic heterocycles. The fraction of sp³-hybridized carbons (Fsp3) is 0.357. The predicted molar refractivity (Wildman–Crippen MR) is 134 cm³/mol. The number of aromatic nitrogens is 2. The Hall–Kier alpha value is -4.14. The van der Waals surface area contributed by atoms with Gasteiger partial charge in [0.25, 0.3) is 5.91 Å². The highest BCUT2D eigenvalue weighted by Gasteiger charge is 2.40. The van der Waals surface area contributed by atoms with Gasteiger partial charge in [-0.3, -0.25) is 14.5 Å². The second-order valence-electron chi connectivity index (χ2n) is 9.84. The van der Waals surface area contributed by atoms with Gasteiger partial charge in [-0.15, -0.1) is 0 Å². The largest absolute Gasteiger partial charge is 0.501 e. The maximum atomic E-state index is 13.6. The van der Waals surface area contributed by atoms with E-state index in [0.29, 0.717) is 31.9 Å². The van der Waals surface area contributed by atoms with Crippen LogP contribution in [0, 0.1) is 0 Å². The number of likely N-dealkylation sites (tertiary alicyclic amines) is 1. The minimum absolute atomic E-state index is 0.0271. The summed E-state index contributed by atoms with van der Waals surface area (Å²) < 4.78 is 7.18. The van der Waals surface area contributed by atoms with Gasteiger partial charge in [0.1, 0.15) is 12.4 Å². The van der Waals surface area contributed by atoms with Crippen LogP contribution in [0.4, 0.5) is 4.79 Å². The van der Waals surface area contributed by atoms with Gasteiger partial charge in [-0.05, 0) is 42.4 Å². The lowest BCUT2D eigenvalue weighted by Gasteiger charge is -2.36. The molecule has 2 aliphatic heterocycles. The molecule has 190 valence electrons. The number of carbonyl (C=O) groups is 2. The number of hydrogen-bond acceptors (Lipinski definition) is 6. The van der Waals surface area contributed by atoms with E-state index in [9.17, 15) is 19.5 Å². The quantitative estimate of drug-likeness (QED) is 0.591. The van der Waals surface area contributed by atoms with Gasteiger partial charge in [-0.25, -0.2) is 4.79 Å². The van der Waals surface area contributed by atoms with Crippen LogP contribution < -0.4 is 5.56 Å². The number of carbonyl (C=O) groups excluding carboxylic acids is 2. The highest BCUT2D eigenvalue weighted by Crippen LogP contribution is 2.35.